The minimum absolute atomic E-state index is 0. The van der Waals surface area contributed by atoms with E-state index in [4.69, 9.17) is 5.73 Å². The fourth-order valence-corrected chi connectivity index (χ4v) is 1.29. The molecule has 0 aliphatic heterocycles. The Morgan fingerprint density at radius 3 is 2.25 bits per heavy atom. The normalized spacial score (nSPS) is 13.5. The Morgan fingerprint density at radius 2 is 1.81 bits per heavy atom. The van der Waals surface area contributed by atoms with Gasteiger partial charge >= 0.3 is 0 Å². The molecule has 1 aromatic rings. The van der Waals surface area contributed by atoms with E-state index in [0.717, 1.165) is 10.2 Å². The van der Waals surface area contributed by atoms with Gasteiger partial charge in [-0.25, -0.2) is 0 Å². The highest BCUT2D eigenvalue weighted by molar-refractivity contribution is 9.10. The molecule has 2 unspecified atom stereocenters. The van der Waals surface area contributed by atoms with Crippen molar-refractivity contribution >= 4 is 39.9 Å². The van der Waals surface area contributed by atoms with Crippen LogP contribution in [0.25, 0.3) is 0 Å². The highest BCUT2D eigenvalue weighted by Gasteiger charge is 2.16. The maximum Gasteiger partial charge on any atom is 0.228 e. The lowest BCUT2D eigenvalue weighted by Crippen LogP contribution is -2.34. The third-order valence-corrected chi connectivity index (χ3v) is 2.84. The Kier molecular flexibility index (Phi) is 6.64. The lowest BCUT2D eigenvalue weighted by Gasteiger charge is -2.15. The van der Waals surface area contributed by atoms with Gasteiger partial charge in [-0.2, -0.15) is 0 Å². The molecule has 0 aromatic heterocycles. The number of nitrogens with one attached hydrogen (secondary N) is 1. The van der Waals surface area contributed by atoms with Gasteiger partial charge in [0, 0.05) is 16.2 Å². The largest absolute Gasteiger partial charge is 0.327 e. The Hall–Kier alpha value is -0.580. The van der Waals surface area contributed by atoms with Gasteiger partial charge in [0.05, 0.1) is 5.92 Å². The number of hydrogen-bond donors (Lipinski definition) is 2. The number of carbonyl (C=O) groups is 1. The third-order valence-electron chi connectivity index (χ3n) is 2.31. The van der Waals surface area contributed by atoms with E-state index in [1.807, 2.05) is 38.1 Å². The summed E-state index contributed by atoms with van der Waals surface area (Å²) in [6.45, 7) is 3.64. The molecule has 2 atom stereocenters. The monoisotopic (exact) mass is 306 g/mol. The van der Waals surface area contributed by atoms with Gasteiger partial charge in [-0.15, -0.1) is 12.4 Å². The van der Waals surface area contributed by atoms with Crippen molar-refractivity contribution in [2.75, 3.05) is 5.32 Å². The van der Waals surface area contributed by atoms with Crippen LogP contribution in [0.5, 0.6) is 0 Å². The molecule has 16 heavy (non-hydrogen) atoms. The van der Waals surface area contributed by atoms with Crippen LogP contribution in [-0.4, -0.2) is 11.9 Å². The zero-order chi connectivity index (χ0) is 11.4. The van der Waals surface area contributed by atoms with E-state index < -0.39 is 0 Å². The number of benzene rings is 1. The average Bonchev–Trinajstić information content (AvgIpc) is 2.20. The summed E-state index contributed by atoms with van der Waals surface area (Å²) in [6, 6.07) is 7.31. The number of anilines is 1. The van der Waals surface area contributed by atoms with E-state index in [2.05, 4.69) is 21.2 Å². The van der Waals surface area contributed by atoms with Gasteiger partial charge in [-0.3, -0.25) is 4.79 Å². The molecule has 0 fully saturated rings. The molecule has 0 aliphatic carbocycles. The molecule has 0 saturated carbocycles. The van der Waals surface area contributed by atoms with E-state index >= 15 is 0 Å². The molecule has 3 N–H and O–H groups in total. The SMILES string of the molecule is CC(N)C(C)C(=O)Nc1ccc(Br)cc1.Cl. The van der Waals surface area contributed by atoms with Gasteiger partial charge in [-0.05, 0) is 31.2 Å². The Bertz CT molecular complexity index is 340. The van der Waals surface area contributed by atoms with Crippen molar-refractivity contribution in [1.29, 1.82) is 0 Å². The van der Waals surface area contributed by atoms with E-state index in [0.29, 0.717) is 0 Å². The first-order valence-corrected chi connectivity index (χ1v) is 5.62. The fourth-order valence-electron chi connectivity index (χ4n) is 1.03. The van der Waals surface area contributed by atoms with Crippen molar-refractivity contribution in [3.63, 3.8) is 0 Å². The van der Waals surface area contributed by atoms with Crippen LogP contribution in [0.1, 0.15) is 13.8 Å². The van der Waals surface area contributed by atoms with Gasteiger partial charge in [0.2, 0.25) is 5.91 Å². The molecule has 5 heteroatoms. The molecule has 0 bridgehead atoms. The summed E-state index contributed by atoms with van der Waals surface area (Å²) >= 11 is 3.33. The number of halogens is 2. The molecule has 1 rings (SSSR count). The molecule has 1 amide bonds. The van der Waals surface area contributed by atoms with Crippen LogP contribution in [0.3, 0.4) is 0 Å². The zero-order valence-electron chi connectivity index (χ0n) is 9.24. The first-order valence-electron chi connectivity index (χ1n) is 4.82. The number of nitrogens with two attached hydrogens (primary N) is 1. The van der Waals surface area contributed by atoms with E-state index in [1.54, 1.807) is 0 Å². The van der Waals surface area contributed by atoms with Crippen LogP contribution in [0, 0.1) is 5.92 Å². The smallest absolute Gasteiger partial charge is 0.228 e. The van der Waals surface area contributed by atoms with Crippen LogP contribution < -0.4 is 11.1 Å². The van der Waals surface area contributed by atoms with Crippen LogP contribution >= 0.6 is 28.3 Å². The second-order valence-electron chi connectivity index (χ2n) is 3.64. The topological polar surface area (TPSA) is 55.1 Å². The van der Waals surface area contributed by atoms with Crippen LogP contribution in [0.15, 0.2) is 28.7 Å². The van der Waals surface area contributed by atoms with Crippen molar-refractivity contribution in [3.05, 3.63) is 28.7 Å². The van der Waals surface area contributed by atoms with Crippen molar-refractivity contribution in [2.45, 2.75) is 19.9 Å². The fraction of sp³-hybridized carbons (Fsp3) is 0.364. The molecule has 0 radical (unpaired) electrons. The average molecular weight is 308 g/mol. The van der Waals surface area contributed by atoms with E-state index in [-0.39, 0.29) is 30.3 Å². The maximum atomic E-state index is 11.6. The number of rotatable bonds is 3. The quantitative estimate of drug-likeness (QED) is 0.902. The van der Waals surface area contributed by atoms with Crippen LogP contribution in [0.2, 0.25) is 0 Å². The van der Waals surface area contributed by atoms with Gasteiger partial charge < -0.3 is 11.1 Å². The maximum absolute atomic E-state index is 11.6. The van der Waals surface area contributed by atoms with Crippen LogP contribution in [-0.2, 0) is 4.79 Å². The lowest BCUT2D eigenvalue weighted by atomic mass is 10.0. The summed E-state index contributed by atoms with van der Waals surface area (Å²) in [5, 5.41) is 2.81. The molecule has 0 heterocycles. The predicted molar refractivity (Wildman–Crippen MR) is 72.8 cm³/mol. The van der Waals surface area contributed by atoms with E-state index in [9.17, 15) is 4.79 Å². The van der Waals surface area contributed by atoms with Gasteiger partial charge in [-0.1, -0.05) is 22.9 Å². The molecule has 0 saturated heterocycles. The molecular formula is C11H16BrClN2O. The van der Waals surface area contributed by atoms with Crippen molar-refractivity contribution < 1.29 is 4.79 Å². The van der Waals surface area contributed by atoms with Crippen molar-refractivity contribution in [1.82, 2.24) is 0 Å². The van der Waals surface area contributed by atoms with Gasteiger partial charge in [0.15, 0.2) is 0 Å². The number of hydrogen-bond acceptors (Lipinski definition) is 2. The summed E-state index contributed by atoms with van der Waals surface area (Å²) < 4.78 is 0.987. The Morgan fingerprint density at radius 1 is 1.31 bits per heavy atom. The zero-order valence-corrected chi connectivity index (χ0v) is 11.6. The molecule has 90 valence electrons. The standard InChI is InChI=1S/C11H15BrN2O.ClH/c1-7(8(2)13)11(15)14-10-5-3-9(12)4-6-10;/h3-8H,13H2,1-2H3,(H,14,15);1H. The third kappa shape index (κ3) is 4.51. The Balaban J connectivity index is 0.00000225. The van der Waals surface area contributed by atoms with Crippen molar-refractivity contribution in [3.8, 4) is 0 Å². The van der Waals surface area contributed by atoms with Crippen LogP contribution in [0.4, 0.5) is 5.69 Å². The molecule has 0 spiro atoms. The van der Waals surface area contributed by atoms with Gasteiger partial charge in [0.1, 0.15) is 0 Å². The molecular weight excluding hydrogens is 291 g/mol. The highest BCUT2D eigenvalue weighted by atomic mass is 79.9. The summed E-state index contributed by atoms with van der Waals surface area (Å²) in [5.41, 5.74) is 6.43. The second-order valence-corrected chi connectivity index (χ2v) is 4.56. The molecule has 3 nitrogen and oxygen atoms in total. The molecule has 1 aromatic carbocycles. The lowest BCUT2D eigenvalue weighted by molar-refractivity contribution is -0.119. The number of amides is 1. The number of carbonyl (C=O) groups excluding carboxylic acids is 1. The first kappa shape index (κ1) is 15.4. The minimum Gasteiger partial charge on any atom is -0.327 e. The summed E-state index contributed by atoms with van der Waals surface area (Å²) in [4.78, 5) is 11.6. The van der Waals surface area contributed by atoms with Crippen molar-refractivity contribution in [2.24, 2.45) is 11.7 Å². The minimum atomic E-state index is -0.186. The first-order chi connectivity index (χ1) is 7.00. The summed E-state index contributed by atoms with van der Waals surface area (Å²) in [5.74, 6) is -0.235. The summed E-state index contributed by atoms with van der Waals surface area (Å²) in [7, 11) is 0. The highest BCUT2D eigenvalue weighted by Crippen LogP contribution is 2.15. The van der Waals surface area contributed by atoms with Gasteiger partial charge in [0.25, 0.3) is 0 Å². The van der Waals surface area contributed by atoms with E-state index in [1.165, 1.54) is 0 Å². The predicted octanol–water partition coefficient (Wildman–Crippen LogP) is 2.79. The summed E-state index contributed by atoms with van der Waals surface area (Å²) in [6.07, 6.45) is 0. The Labute approximate surface area is 110 Å². The molecule has 0 aliphatic rings. The second kappa shape index (κ2) is 6.89.